The van der Waals surface area contributed by atoms with Gasteiger partial charge in [0.1, 0.15) is 5.15 Å². The van der Waals surface area contributed by atoms with E-state index in [4.69, 9.17) is 11.6 Å². The third kappa shape index (κ3) is 1.74. The zero-order valence-electron chi connectivity index (χ0n) is 9.07. The number of hydrogen-bond donors (Lipinski definition) is 0. The molecule has 0 aliphatic carbocycles. The molecule has 0 aliphatic heterocycles. The largest absolute Gasteiger partial charge is 0.377 e. The van der Waals surface area contributed by atoms with Gasteiger partial charge in [-0.25, -0.2) is 4.98 Å². The maximum absolute atomic E-state index is 10.9. The van der Waals surface area contributed by atoms with E-state index < -0.39 is 0 Å². The first kappa shape index (κ1) is 10.9. The number of fused-ring (bicyclic) bond motifs is 1. The number of aldehydes is 1. The number of carbonyl (C=O) groups is 1. The summed E-state index contributed by atoms with van der Waals surface area (Å²) >= 11 is 5.84. The van der Waals surface area contributed by atoms with E-state index >= 15 is 0 Å². The summed E-state index contributed by atoms with van der Waals surface area (Å²) in [6.45, 7) is 0. The second-order valence-corrected chi connectivity index (χ2v) is 4.10. The van der Waals surface area contributed by atoms with Crippen molar-refractivity contribution in [2.24, 2.45) is 0 Å². The SMILES string of the molecule is CN(C)c1ccc(C=O)c2nc(Cl)ccc12. The highest BCUT2D eigenvalue weighted by molar-refractivity contribution is 6.30. The quantitative estimate of drug-likeness (QED) is 0.592. The van der Waals surface area contributed by atoms with E-state index in [2.05, 4.69) is 4.98 Å². The van der Waals surface area contributed by atoms with Crippen LogP contribution in [0.15, 0.2) is 24.3 Å². The normalized spacial score (nSPS) is 10.4. The first-order valence-electron chi connectivity index (χ1n) is 4.85. The predicted octanol–water partition coefficient (Wildman–Crippen LogP) is 2.77. The van der Waals surface area contributed by atoms with E-state index in [0.29, 0.717) is 16.2 Å². The number of benzene rings is 1. The van der Waals surface area contributed by atoms with Crippen LogP contribution in [0.5, 0.6) is 0 Å². The van der Waals surface area contributed by atoms with Gasteiger partial charge in [-0.15, -0.1) is 0 Å². The molecule has 4 heteroatoms. The number of halogens is 1. The van der Waals surface area contributed by atoms with E-state index in [0.717, 1.165) is 17.4 Å². The van der Waals surface area contributed by atoms with Crippen molar-refractivity contribution in [3.8, 4) is 0 Å². The summed E-state index contributed by atoms with van der Waals surface area (Å²) in [4.78, 5) is 17.1. The van der Waals surface area contributed by atoms with Crippen LogP contribution in [0, 0.1) is 0 Å². The molecule has 1 heterocycles. The molecular formula is C12H11ClN2O. The van der Waals surface area contributed by atoms with Crippen molar-refractivity contribution in [2.75, 3.05) is 19.0 Å². The molecule has 0 fully saturated rings. The van der Waals surface area contributed by atoms with Crippen molar-refractivity contribution in [2.45, 2.75) is 0 Å². The van der Waals surface area contributed by atoms with Gasteiger partial charge in [-0.2, -0.15) is 0 Å². The molecule has 82 valence electrons. The first-order valence-corrected chi connectivity index (χ1v) is 5.23. The molecular weight excluding hydrogens is 224 g/mol. The Morgan fingerprint density at radius 1 is 1.25 bits per heavy atom. The highest BCUT2D eigenvalue weighted by Gasteiger charge is 2.08. The fraction of sp³-hybridized carbons (Fsp3) is 0.167. The molecule has 0 bridgehead atoms. The van der Waals surface area contributed by atoms with Crippen LogP contribution in [0.1, 0.15) is 10.4 Å². The molecule has 1 aromatic heterocycles. The second kappa shape index (κ2) is 4.10. The van der Waals surface area contributed by atoms with Gasteiger partial charge in [0.2, 0.25) is 0 Å². The molecule has 0 unspecified atom stereocenters. The van der Waals surface area contributed by atoms with Gasteiger partial charge in [0, 0.05) is 30.7 Å². The van der Waals surface area contributed by atoms with Gasteiger partial charge in [0.25, 0.3) is 0 Å². The van der Waals surface area contributed by atoms with Gasteiger partial charge >= 0.3 is 0 Å². The Morgan fingerprint density at radius 3 is 2.62 bits per heavy atom. The van der Waals surface area contributed by atoms with Gasteiger partial charge in [-0.3, -0.25) is 4.79 Å². The Hall–Kier alpha value is -1.61. The summed E-state index contributed by atoms with van der Waals surface area (Å²) in [6.07, 6.45) is 0.797. The zero-order valence-corrected chi connectivity index (χ0v) is 9.82. The van der Waals surface area contributed by atoms with E-state index in [1.807, 2.05) is 31.1 Å². The number of anilines is 1. The van der Waals surface area contributed by atoms with Crippen LogP contribution in [-0.2, 0) is 0 Å². The van der Waals surface area contributed by atoms with Crippen LogP contribution < -0.4 is 4.90 Å². The lowest BCUT2D eigenvalue weighted by Gasteiger charge is -2.15. The molecule has 1 aromatic carbocycles. The molecule has 0 atom stereocenters. The smallest absolute Gasteiger partial charge is 0.152 e. The summed E-state index contributed by atoms with van der Waals surface area (Å²) in [5, 5.41) is 1.32. The molecule has 0 radical (unpaired) electrons. The van der Waals surface area contributed by atoms with Crippen molar-refractivity contribution in [3.63, 3.8) is 0 Å². The Bertz CT molecular complexity index is 552. The lowest BCUT2D eigenvalue weighted by molar-refractivity contribution is 0.112. The lowest BCUT2D eigenvalue weighted by Crippen LogP contribution is -2.09. The van der Waals surface area contributed by atoms with Crippen LogP contribution in [0.4, 0.5) is 5.69 Å². The van der Waals surface area contributed by atoms with Gasteiger partial charge in [-0.05, 0) is 24.3 Å². The van der Waals surface area contributed by atoms with Crippen LogP contribution in [-0.4, -0.2) is 25.4 Å². The minimum atomic E-state index is 0.395. The maximum atomic E-state index is 10.9. The molecule has 16 heavy (non-hydrogen) atoms. The van der Waals surface area contributed by atoms with Crippen molar-refractivity contribution in [1.82, 2.24) is 4.98 Å². The standard InChI is InChI=1S/C12H11ClN2O/c1-15(2)10-5-3-8(7-16)12-9(10)4-6-11(13)14-12/h3-7H,1-2H3. The molecule has 0 aliphatic rings. The minimum Gasteiger partial charge on any atom is -0.377 e. The number of pyridine rings is 1. The van der Waals surface area contributed by atoms with Gasteiger partial charge in [0.05, 0.1) is 5.52 Å². The fourth-order valence-corrected chi connectivity index (χ4v) is 1.83. The highest BCUT2D eigenvalue weighted by atomic mass is 35.5. The Balaban J connectivity index is 2.85. The van der Waals surface area contributed by atoms with Crippen LogP contribution in [0.3, 0.4) is 0 Å². The summed E-state index contributed by atoms with van der Waals surface area (Å²) in [5.41, 5.74) is 2.22. The Morgan fingerprint density at radius 2 is 2.00 bits per heavy atom. The average Bonchev–Trinajstić information content (AvgIpc) is 2.27. The summed E-state index contributed by atoms with van der Waals surface area (Å²) in [5.74, 6) is 0. The average molecular weight is 235 g/mol. The molecule has 3 nitrogen and oxygen atoms in total. The molecule has 0 spiro atoms. The Labute approximate surface area is 98.7 Å². The Kier molecular flexibility index (Phi) is 2.79. The fourth-order valence-electron chi connectivity index (χ4n) is 1.68. The number of hydrogen-bond acceptors (Lipinski definition) is 3. The number of rotatable bonds is 2. The van der Waals surface area contributed by atoms with Gasteiger partial charge in [0.15, 0.2) is 6.29 Å². The van der Waals surface area contributed by atoms with Gasteiger partial charge in [-0.1, -0.05) is 11.6 Å². The first-order chi connectivity index (χ1) is 7.63. The van der Waals surface area contributed by atoms with Crippen LogP contribution in [0.25, 0.3) is 10.9 Å². The molecule has 0 saturated heterocycles. The van der Waals surface area contributed by atoms with Crippen LogP contribution >= 0.6 is 11.6 Å². The third-order valence-electron chi connectivity index (χ3n) is 2.44. The zero-order chi connectivity index (χ0) is 11.7. The van der Waals surface area contributed by atoms with Gasteiger partial charge < -0.3 is 4.90 Å². The van der Waals surface area contributed by atoms with E-state index in [-0.39, 0.29) is 0 Å². The topological polar surface area (TPSA) is 33.2 Å². The molecule has 0 saturated carbocycles. The van der Waals surface area contributed by atoms with Crippen LogP contribution in [0.2, 0.25) is 5.15 Å². The third-order valence-corrected chi connectivity index (χ3v) is 2.65. The van der Waals surface area contributed by atoms with E-state index in [1.54, 1.807) is 12.1 Å². The van der Waals surface area contributed by atoms with Crippen molar-refractivity contribution >= 4 is 34.5 Å². The molecule has 2 aromatic rings. The maximum Gasteiger partial charge on any atom is 0.152 e. The predicted molar refractivity (Wildman–Crippen MR) is 66.5 cm³/mol. The summed E-state index contributed by atoms with van der Waals surface area (Å²) in [6, 6.07) is 7.27. The van der Waals surface area contributed by atoms with E-state index in [9.17, 15) is 4.79 Å². The van der Waals surface area contributed by atoms with Crippen molar-refractivity contribution in [1.29, 1.82) is 0 Å². The minimum absolute atomic E-state index is 0.395. The lowest BCUT2D eigenvalue weighted by atomic mass is 10.1. The summed E-state index contributed by atoms with van der Waals surface area (Å²) < 4.78 is 0. The number of aromatic nitrogens is 1. The molecule has 0 N–H and O–H groups in total. The number of nitrogens with zero attached hydrogens (tertiary/aromatic N) is 2. The second-order valence-electron chi connectivity index (χ2n) is 3.72. The molecule has 0 amide bonds. The molecule has 2 rings (SSSR count). The number of carbonyl (C=O) groups excluding carboxylic acids is 1. The highest BCUT2D eigenvalue weighted by Crippen LogP contribution is 2.27. The monoisotopic (exact) mass is 234 g/mol. The van der Waals surface area contributed by atoms with E-state index in [1.165, 1.54) is 0 Å². The van der Waals surface area contributed by atoms with Crippen molar-refractivity contribution < 1.29 is 4.79 Å². The summed E-state index contributed by atoms with van der Waals surface area (Å²) in [7, 11) is 3.90. The van der Waals surface area contributed by atoms with Crippen molar-refractivity contribution in [3.05, 3.63) is 35.0 Å².